The summed E-state index contributed by atoms with van der Waals surface area (Å²) >= 11 is 5.03. The Bertz CT molecular complexity index is 442. The number of aryl methyl sites for hydroxylation is 1. The third kappa shape index (κ3) is 2.97. The Morgan fingerprint density at radius 3 is 2.67 bits per heavy atom. The Labute approximate surface area is 113 Å². The summed E-state index contributed by atoms with van der Waals surface area (Å²) in [5.41, 5.74) is 7.53. The average Bonchev–Trinajstić information content (AvgIpc) is 2.38. The Hall–Kier alpha value is -1.20. The summed E-state index contributed by atoms with van der Waals surface area (Å²) in [5.74, 6) is 0.965. The molecule has 1 aliphatic rings. The summed E-state index contributed by atoms with van der Waals surface area (Å²) in [5, 5.41) is 0. The zero-order valence-corrected chi connectivity index (χ0v) is 11.7. The number of nitrogens with zero attached hydrogens (tertiary/aromatic N) is 2. The number of hydrogen-bond acceptors (Lipinski definition) is 4. The van der Waals surface area contributed by atoms with Crippen molar-refractivity contribution in [2.45, 2.75) is 25.9 Å². The van der Waals surface area contributed by atoms with Crippen LogP contribution in [-0.4, -0.2) is 36.3 Å². The fraction of sp³-hybridized carbons (Fsp3) is 0.538. The molecule has 0 amide bonds. The fourth-order valence-electron chi connectivity index (χ4n) is 2.28. The molecule has 18 heavy (non-hydrogen) atoms. The Morgan fingerprint density at radius 1 is 1.44 bits per heavy atom. The van der Waals surface area contributed by atoms with Gasteiger partial charge in [0.15, 0.2) is 0 Å². The molecule has 2 N–H and O–H groups in total. The zero-order valence-electron chi connectivity index (χ0n) is 10.8. The third-order valence-corrected chi connectivity index (χ3v) is 3.56. The summed E-state index contributed by atoms with van der Waals surface area (Å²) in [6.45, 7) is 3.89. The van der Waals surface area contributed by atoms with Crippen LogP contribution in [-0.2, 0) is 4.74 Å². The van der Waals surface area contributed by atoms with Crippen LogP contribution in [0.2, 0.25) is 0 Å². The van der Waals surface area contributed by atoms with Crippen molar-refractivity contribution in [3.05, 3.63) is 23.4 Å². The molecule has 0 aromatic carbocycles. The first-order chi connectivity index (χ1) is 8.60. The van der Waals surface area contributed by atoms with Crippen molar-refractivity contribution in [3.63, 3.8) is 0 Å². The standard InChI is InChI=1S/C13H19N3OS/c1-9-7-10(13(14)18)8-12(15-9)16-5-3-11(17-2)4-6-16/h7-8,11H,3-6H2,1-2H3,(H2,14,18). The number of nitrogens with two attached hydrogens (primary N) is 1. The SMILES string of the molecule is COC1CCN(c2cc(C(N)=S)cc(C)n2)CC1. The maximum atomic E-state index is 5.69. The molecule has 0 radical (unpaired) electrons. The van der Waals surface area contributed by atoms with Crippen LogP contribution in [0.4, 0.5) is 5.82 Å². The molecule has 0 atom stereocenters. The van der Waals surface area contributed by atoms with Gasteiger partial charge in [0.05, 0.1) is 6.10 Å². The topological polar surface area (TPSA) is 51.4 Å². The maximum absolute atomic E-state index is 5.69. The average molecular weight is 265 g/mol. The number of piperidine rings is 1. The number of aromatic nitrogens is 1. The van der Waals surface area contributed by atoms with Gasteiger partial charge in [0.2, 0.25) is 0 Å². The number of rotatable bonds is 3. The summed E-state index contributed by atoms with van der Waals surface area (Å²) in [4.78, 5) is 7.25. The van der Waals surface area contributed by atoms with Crippen molar-refractivity contribution in [2.24, 2.45) is 5.73 Å². The van der Waals surface area contributed by atoms with Crippen LogP contribution in [0.5, 0.6) is 0 Å². The first kappa shape index (κ1) is 13.2. The molecule has 2 rings (SSSR count). The minimum Gasteiger partial charge on any atom is -0.389 e. The van der Waals surface area contributed by atoms with Gasteiger partial charge in [-0.1, -0.05) is 12.2 Å². The minimum atomic E-state index is 0.376. The predicted octanol–water partition coefficient (Wildman–Crippen LogP) is 1.64. The number of thiocarbonyl (C=S) groups is 1. The molecular formula is C13H19N3OS. The summed E-state index contributed by atoms with van der Waals surface area (Å²) in [6.07, 6.45) is 2.45. The monoisotopic (exact) mass is 265 g/mol. The van der Waals surface area contributed by atoms with Gasteiger partial charge >= 0.3 is 0 Å². The number of ether oxygens (including phenoxy) is 1. The number of hydrogen-bond donors (Lipinski definition) is 1. The van der Waals surface area contributed by atoms with Crippen molar-refractivity contribution < 1.29 is 4.74 Å². The third-order valence-electron chi connectivity index (χ3n) is 3.32. The van der Waals surface area contributed by atoms with Crippen LogP contribution in [0.3, 0.4) is 0 Å². The van der Waals surface area contributed by atoms with Gasteiger partial charge in [0, 0.05) is 31.5 Å². The molecule has 0 saturated carbocycles. The van der Waals surface area contributed by atoms with Crippen LogP contribution in [0.15, 0.2) is 12.1 Å². The van der Waals surface area contributed by atoms with E-state index in [0.29, 0.717) is 11.1 Å². The van der Waals surface area contributed by atoms with Crippen LogP contribution in [0.1, 0.15) is 24.1 Å². The number of pyridine rings is 1. The molecule has 1 aliphatic heterocycles. The van der Waals surface area contributed by atoms with Gasteiger partial charge in [0.25, 0.3) is 0 Å². The highest BCUT2D eigenvalue weighted by molar-refractivity contribution is 7.80. The fourth-order valence-corrected chi connectivity index (χ4v) is 2.39. The van der Waals surface area contributed by atoms with Gasteiger partial charge in [0.1, 0.15) is 10.8 Å². The first-order valence-corrected chi connectivity index (χ1v) is 6.57. The van der Waals surface area contributed by atoms with Crippen molar-refractivity contribution in [1.29, 1.82) is 0 Å². The minimum absolute atomic E-state index is 0.376. The first-order valence-electron chi connectivity index (χ1n) is 6.16. The summed E-state index contributed by atoms with van der Waals surface area (Å²) in [7, 11) is 1.77. The highest BCUT2D eigenvalue weighted by atomic mass is 32.1. The molecule has 4 nitrogen and oxygen atoms in total. The normalized spacial score (nSPS) is 16.9. The van der Waals surface area contributed by atoms with Gasteiger partial charge in [-0.3, -0.25) is 0 Å². The summed E-state index contributed by atoms with van der Waals surface area (Å²) in [6, 6.07) is 3.90. The maximum Gasteiger partial charge on any atom is 0.129 e. The second kappa shape index (κ2) is 5.63. The van der Waals surface area contributed by atoms with Crippen molar-refractivity contribution in [3.8, 4) is 0 Å². The van der Waals surface area contributed by atoms with E-state index in [-0.39, 0.29) is 0 Å². The van der Waals surface area contributed by atoms with E-state index in [0.717, 1.165) is 43.0 Å². The number of anilines is 1. The van der Waals surface area contributed by atoms with Crippen molar-refractivity contribution in [2.75, 3.05) is 25.1 Å². The smallest absolute Gasteiger partial charge is 0.129 e. The van der Waals surface area contributed by atoms with Gasteiger partial charge in [-0.15, -0.1) is 0 Å². The second-order valence-corrected chi connectivity index (χ2v) is 5.08. The molecule has 0 unspecified atom stereocenters. The summed E-state index contributed by atoms with van der Waals surface area (Å²) < 4.78 is 5.37. The predicted molar refractivity (Wildman–Crippen MR) is 77.1 cm³/mol. The lowest BCUT2D eigenvalue weighted by Crippen LogP contribution is -2.37. The molecule has 0 aliphatic carbocycles. The van der Waals surface area contributed by atoms with Gasteiger partial charge < -0.3 is 15.4 Å². The highest BCUT2D eigenvalue weighted by Gasteiger charge is 2.20. The Morgan fingerprint density at radius 2 is 2.11 bits per heavy atom. The van der Waals surface area contributed by atoms with E-state index < -0.39 is 0 Å². The zero-order chi connectivity index (χ0) is 13.1. The van der Waals surface area contributed by atoms with Crippen LogP contribution in [0, 0.1) is 6.92 Å². The molecule has 1 aromatic rings. The molecule has 0 bridgehead atoms. The van der Waals surface area contributed by atoms with Crippen molar-refractivity contribution >= 4 is 23.0 Å². The Balaban J connectivity index is 2.16. The molecule has 5 heteroatoms. The number of methoxy groups -OCH3 is 1. The largest absolute Gasteiger partial charge is 0.389 e. The van der Waals surface area contributed by atoms with Gasteiger partial charge in [-0.2, -0.15) is 0 Å². The molecule has 98 valence electrons. The van der Waals surface area contributed by atoms with E-state index in [2.05, 4.69) is 9.88 Å². The van der Waals surface area contributed by atoms with Crippen molar-refractivity contribution in [1.82, 2.24) is 4.98 Å². The molecular weight excluding hydrogens is 246 g/mol. The van der Waals surface area contributed by atoms with E-state index in [4.69, 9.17) is 22.7 Å². The van der Waals surface area contributed by atoms with E-state index in [1.807, 2.05) is 19.1 Å². The van der Waals surface area contributed by atoms with Crippen LogP contribution in [0.25, 0.3) is 0 Å². The quantitative estimate of drug-likeness (QED) is 0.842. The van der Waals surface area contributed by atoms with E-state index in [9.17, 15) is 0 Å². The van der Waals surface area contributed by atoms with E-state index in [1.165, 1.54) is 0 Å². The lowest BCUT2D eigenvalue weighted by atomic mass is 10.1. The molecule has 2 heterocycles. The molecule has 1 saturated heterocycles. The van der Waals surface area contributed by atoms with Gasteiger partial charge in [-0.25, -0.2) is 4.98 Å². The molecule has 1 fully saturated rings. The van der Waals surface area contributed by atoms with Crippen LogP contribution < -0.4 is 10.6 Å². The molecule has 1 aromatic heterocycles. The Kier molecular flexibility index (Phi) is 4.14. The van der Waals surface area contributed by atoms with E-state index >= 15 is 0 Å². The molecule has 0 spiro atoms. The highest BCUT2D eigenvalue weighted by Crippen LogP contribution is 2.21. The van der Waals surface area contributed by atoms with Crippen LogP contribution >= 0.6 is 12.2 Å². The van der Waals surface area contributed by atoms with Gasteiger partial charge in [-0.05, 0) is 31.9 Å². The second-order valence-electron chi connectivity index (χ2n) is 4.64. The lowest BCUT2D eigenvalue weighted by Gasteiger charge is -2.32. The lowest BCUT2D eigenvalue weighted by molar-refractivity contribution is 0.0818. The van der Waals surface area contributed by atoms with E-state index in [1.54, 1.807) is 7.11 Å².